The lowest BCUT2D eigenvalue weighted by Crippen LogP contribution is -2.44. The quantitative estimate of drug-likeness (QED) is 0.465. The van der Waals surface area contributed by atoms with Crippen LogP contribution < -0.4 is 10.1 Å². The standard InChI is InChI=1S/C28H33FN4O3/c1-18-6-8-19(9-7-18)24-23(20-10-12-21(29)13-11-20)31-25(30-5)26(32-24)35-22-14-16-33(17-15-22)27(34)36-28(2,3)4/h6-13,22H,14-17H2,1-5H3,(H,30,31). The number of benzene rings is 2. The minimum atomic E-state index is -0.527. The molecule has 7 nitrogen and oxygen atoms in total. The average molecular weight is 493 g/mol. The minimum Gasteiger partial charge on any atom is -0.472 e. The van der Waals surface area contributed by atoms with Crippen LogP contribution in [0.5, 0.6) is 5.88 Å². The number of aryl methyl sites for hydroxylation is 1. The van der Waals surface area contributed by atoms with E-state index in [1.54, 1.807) is 24.1 Å². The van der Waals surface area contributed by atoms with Crippen LogP contribution in [0.25, 0.3) is 22.5 Å². The molecule has 36 heavy (non-hydrogen) atoms. The van der Waals surface area contributed by atoms with Crippen molar-refractivity contribution in [2.24, 2.45) is 0 Å². The van der Waals surface area contributed by atoms with Crippen molar-refractivity contribution in [3.8, 4) is 28.4 Å². The van der Waals surface area contributed by atoms with E-state index in [9.17, 15) is 9.18 Å². The molecule has 4 rings (SSSR count). The van der Waals surface area contributed by atoms with Gasteiger partial charge in [0.05, 0.1) is 5.69 Å². The summed E-state index contributed by atoms with van der Waals surface area (Å²) in [5.41, 5.74) is 3.54. The third-order valence-corrected chi connectivity index (χ3v) is 5.92. The highest BCUT2D eigenvalue weighted by atomic mass is 19.1. The Bertz CT molecular complexity index is 1200. The SMILES string of the molecule is CNc1nc(-c2ccc(F)cc2)c(-c2ccc(C)cc2)nc1OC1CCN(C(=O)OC(C)(C)C)CC1. The Balaban J connectivity index is 1.61. The Kier molecular flexibility index (Phi) is 7.43. The van der Waals surface area contributed by atoms with Crippen molar-refractivity contribution in [3.63, 3.8) is 0 Å². The first kappa shape index (κ1) is 25.4. The Morgan fingerprint density at radius 2 is 1.53 bits per heavy atom. The van der Waals surface area contributed by atoms with Crippen molar-refractivity contribution in [2.75, 3.05) is 25.5 Å². The maximum Gasteiger partial charge on any atom is 0.410 e. The number of rotatable bonds is 5. The van der Waals surface area contributed by atoms with Gasteiger partial charge in [-0.2, -0.15) is 0 Å². The van der Waals surface area contributed by atoms with Gasteiger partial charge in [0.15, 0.2) is 5.82 Å². The fraction of sp³-hybridized carbons (Fsp3) is 0.393. The minimum absolute atomic E-state index is 0.118. The van der Waals surface area contributed by atoms with E-state index in [0.717, 1.165) is 16.7 Å². The van der Waals surface area contributed by atoms with E-state index in [0.29, 0.717) is 49.0 Å². The molecular weight excluding hydrogens is 459 g/mol. The molecule has 1 N–H and O–H groups in total. The lowest BCUT2D eigenvalue weighted by molar-refractivity contribution is 0.0123. The monoisotopic (exact) mass is 492 g/mol. The van der Waals surface area contributed by atoms with E-state index in [1.165, 1.54) is 12.1 Å². The zero-order valence-corrected chi connectivity index (χ0v) is 21.5. The van der Waals surface area contributed by atoms with Gasteiger partial charge in [0.1, 0.15) is 23.2 Å². The van der Waals surface area contributed by atoms with Crippen LogP contribution in [0.15, 0.2) is 48.5 Å². The van der Waals surface area contributed by atoms with Gasteiger partial charge in [-0.25, -0.2) is 19.2 Å². The molecule has 1 amide bonds. The number of nitrogens with zero attached hydrogens (tertiary/aromatic N) is 3. The highest BCUT2D eigenvalue weighted by Crippen LogP contribution is 2.35. The highest BCUT2D eigenvalue weighted by Gasteiger charge is 2.29. The molecule has 0 aliphatic carbocycles. The van der Waals surface area contributed by atoms with Gasteiger partial charge in [-0.3, -0.25) is 0 Å². The zero-order valence-electron chi connectivity index (χ0n) is 21.5. The number of ether oxygens (including phenoxy) is 2. The number of likely N-dealkylation sites (tertiary alicyclic amines) is 1. The first-order valence-electron chi connectivity index (χ1n) is 12.2. The Morgan fingerprint density at radius 3 is 2.08 bits per heavy atom. The summed E-state index contributed by atoms with van der Waals surface area (Å²) in [5.74, 6) is 0.588. The first-order chi connectivity index (χ1) is 17.1. The van der Waals surface area contributed by atoms with E-state index in [1.807, 2.05) is 52.0 Å². The number of carbonyl (C=O) groups excluding carboxylic acids is 1. The Hall–Kier alpha value is -3.68. The highest BCUT2D eigenvalue weighted by molar-refractivity contribution is 5.80. The third-order valence-electron chi connectivity index (χ3n) is 5.92. The molecule has 0 saturated carbocycles. The van der Waals surface area contributed by atoms with Crippen LogP contribution in [-0.4, -0.2) is 52.8 Å². The summed E-state index contributed by atoms with van der Waals surface area (Å²) in [6.45, 7) is 8.69. The molecule has 0 spiro atoms. The van der Waals surface area contributed by atoms with Crippen LogP contribution in [0, 0.1) is 12.7 Å². The van der Waals surface area contributed by atoms with Crippen molar-refractivity contribution >= 4 is 11.9 Å². The third kappa shape index (κ3) is 6.11. The summed E-state index contributed by atoms with van der Waals surface area (Å²) >= 11 is 0. The van der Waals surface area contributed by atoms with Crippen molar-refractivity contribution in [2.45, 2.75) is 52.2 Å². The second-order valence-electron chi connectivity index (χ2n) is 9.98. The van der Waals surface area contributed by atoms with Gasteiger partial charge in [0, 0.05) is 44.1 Å². The number of hydrogen-bond donors (Lipinski definition) is 1. The number of hydrogen-bond acceptors (Lipinski definition) is 6. The van der Waals surface area contributed by atoms with Crippen LogP contribution in [0.4, 0.5) is 15.0 Å². The summed E-state index contributed by atoms with van der Waals surface area (Å²) in [4.78, 5) is 23.8. The van der Waals surface area contributed by atoms with Gasteiger partial charge in [0.25, 0.3) is 5.88 Å². The normalized spacial score (nSPS) is 14.4. The molecule has 190 valence electrons. The number of aromatic nitrogens is 2. The van der Waals surface area contributed by atoms with Crippen molar-refractivity contribution < 1.29 is 18.7 Å². The smallest absolute Gasteiger partial charge is 0.410 e. The van der Waals surface area contributed by atoms with Gasteiger partial charge < -0.3 is 19.7 Å². The summed E-state index contributed by atoms with van der Waals surface area (Å²) < 4.78 is 25.4. The number of amides is 1. The predicted octanol–water partition coefficient (Wildman–Crippen LogP) is 6.08. The summed E-state index contributed by atoms with van der Waals surface area (Å²) in [6, 6.07) is 14.3. The summed E-state index contributed by atoms with van der Waals surface area (Å²) in [6.07, 6.45) is 0.891. The summed E-state index contributed by atoms with van der Waals surface area (Å²) in [7, 11) is 1.77. The Labute approximate surface area is 211 Å². The van der Waals surface area contributed by atoms with Gasteiger partial charge in [-0.1, -0.05) is 29.8 Å². The average Bonchev–Trinajstić information content (AvgIpc) is 2.84. The number of halogens is 1. The lowest BCUT2D eigenvalue weighted by atomic mass is 10.0. The summed E-state index contributed by atoms with van der Waals surface area (Å²) in [5, 5.41) is 3.09. The second-order valence-corrected chi connectivity index (χ2v) is 9.98. The van der Waals surface area contributed by atoms with Gasteiger partial charge >= 0.3 is 6.09 Å². The van der Waals surface area contributed by atoms with Crippen LogP contribution in [-0.2, 0) is 4.74 Å². The van der Waals surface area contributed by atoms with Crippen LogP contribution >= 0.6 is 0 Å². The first-order valence-corrected chi connectivity index (χ1v) is 12.2. The molecule has 0 atom stereocenters. The molecule has 8 heteroatoms. The van der Waals surface area contributed by atoms with E-state index in [-0.39, 0.29) is 18.0 Å². The number of nitrogens with one attached hydrogen (secondary N) is 1. The molecule has 1 saturated heterocycles. The van der Waals surface area contributed by atoms with E-state index in [4.69, 9.17) is 19.4 Å². The molecule has 1 fully saturated rings. The second kappa shape index (κ2) is 10.5. The maximum atomic E-state index is 13.6. The van der Waals surface area contributed by atoms with Crippen LogP contribution in [0.3, 0.4) is 0 Å². The van der Waals surface area contributed by atoms with Gasteiger partial charge in [0.2, 0.25) is 0 Å². The van der Waals surface area contributed by atoms with E-state index < -0.39 is 5.60 Å². The maximum absolute atomic E-state index is 13.6. The Morgan fingerprint density at radius 1 is 0.972 bits per heavy atom. The topological polar surface area (TPSA) is 76.6 Å². The molecule has 2 heterocycles. The number of anilines is 1. The lowest BCUT2D eigenvalue weighted by Gasteiger charge is -2.33. The molecule has 0 radical (unpaired) electrons. The molecule has 0 bridgehead atoms. The molecular formula is C28H33FN4O3. The molecule has 1 aliphatic rings. The molecule has 0 unspecified atom stereocenters. The fourth-order valence-electron chi connectivity index (χ4n) is 4.03. The van der Waals surface area contributed by atoms with E-state index in [2.05, 4.69) is 5.32 Å². The van der Waals surface area contributed by atoms with E-state index >= 15 is 0 Å². The molecule has 3 aromatic rings. The molecule has 1 aliphatic heterocycles. The van der Waals surface area contributed by atoms with Gasteiger partial charge in [-0.15, -0.1) is 0 Å². The van der Waals surface area contributed by atoms with Crippen molar-refractivity contribution in [1.82, 2.24) is 14.9 Å². The molecule has 1 aromatic heterocycles. The number of carbonyl (C=O) groups is 1. The fourth-order valence-corrected chi connectivity index (χ4v) is 4.03. The number of piperidine rings is 1. The van der Waals surface area contributed by atoms with Gasteiger partial charge in [-0.05, 0) is 52.0 Å². The largest absolute Gasteiger partial charge is 0.472 e. The zero-order chi connectivity index (χ0) is 25.9. The molecule has 2 aromatic carbocycles. The van der Waals surface area contributed by atoms with Crippen LogP contribution in [0.2, 0.25) is 0 Å². The van der Waals surface area contributed by atoms with Crippen LogP contribution in [0.1, 0.15) is 39.2 Å². The van der Waals surface area contributed by atoms with Crippen molar-refractivity contribution in [1.29, 1.82) is 0 Å². The van der Waals surface area contributed by atoms with Crippen molar-refractivity contribution in [3.05, 3.63) is 59.9 Å². The predicted molar refractivity (Wildman–Crippen MR) is 139 cm³/mol.